The van der Waals surface area contributed by atoms with Crippen LogP contribution in [0.15, 0.2) is 40.1 Å². The highest BCUT2D eigenvalue weighted by atomic mass is 32.2. The minimum atomic E-state index is -3.52. The van der Waals surface area contributed by atoms with Crippen molar-refractivity contribution in [3.8, 4) is 0 Å². The highest BCUT2D eigenvalue weighted by molar-refractivity contribution is 7.89. The summed E-state index contributed by atoms with van der Waals surface area (Å²) in [5.74, 6) is 0.644. The lowest BCUT2D eigenvalue weighted by Crippen LogP contribution is -2.32. The van der Waals surface area contributed by atoms with E-state index in [0.29, 0.717) is 5.76 Å². The number of sulfonamides is 1. The van der Waals surface area contributed by atoms with Crippen LogP contribution in [0.4, 0.5) is 0 Å². The molecule has 0 aliphatic heterocycles. The predicted molar refractivity (Wildman–Crippen MR) is 63.0 cm³/mol. The SMILES string of the molecule is O=S(=O)(c1ccn[nH]1)N(Cc1ccco1)C1CC1. The number of aromatic amines is 1. The molecule has 2 aromatic heterocycles. The van der Waals surface area contributed by atoms with Crippen LogP contribution in [-0.4, -0.2) is 29.0 Å². The highest BCUT2D eigenvalue weighted by Crippen LogP contribution is 2.32. The van der Waals surface area contributed by atoms with E-state index in [0.717, 1.165) is 12.8 Å². The van der Waals surface area contributed by atoms with Gasteiger partial charge in [0, 0.05) is 6.04 Å². The van der Waals surface area contributed by atoms with Crippen LogP contribution in [0.1, 0.15) is 18.6 Å². The molecule has 6 nitrogen and oxygen atoms in total. The van der Waals surface area contributed by atoms with Gasteiger partial charge < -0.3 is 4.42 Å². The maximum atomic E-state index is 12.4. The Morgan fingerprint density at radius 3 is 2.83 bits per heavy atom. The molecule has 2 aromatic rings. The lowest BCUT2D eigenvalue weighted by atomic mass is 10.4. The lowest BCUT2D eigenvalue weighted by Gasteiger charge is -2.19. The summed E-state index contributed by atoms with van der Waals surface area (Å²) in [6, 6.07) is 5.07. The fourth-order valence-corrected chi connectivity index (χ4v) is 3.40. The van der Waals surface area contributed by atoms with Crippen LogP contribution in [0.3, 0.4) is 0 Å². The Hall–Kier alpha value is -1.60. The van der Waals surface area contributed by atoms with E-state index in [1.165, 1.54) is 16.6 Å². The predicted octanol–water partition coefficient (Wildman–Crippen LogP) is 1.36. The molecule has 0 spiro atoms. The molecular formula is C11H13N3O3S. The van der Waals surface area contributed by atoms with Gasteiger partial charge in [0.05, 0.1) is 19.0 Å². The van der Waals surface area contributed by atoms with Crippen molar-refractivity contribution >= 4 is 10.0 Å². The van der Waals surface area contributed by atoms with Crippen molar-refractivity contribution in [3.63, 3.8) is 0 Å². The van der Waals surface area contributed by atoms with Crippen LogP contribution >= 0.6 is 0 Å². The number of hydrogen-bond acceptors (Lipinski definition) is 4. The van der Waals surface area contributed by atoms with Gasteiger partial charge in [-0.2, -0.15) is 9.40 Å². The van der Waals surface area contributed by atoms with Crippen molar-refractivity contribution in [1.82, 2.24) is 14.5 Å². The van der Waals surface area contributed by atoms with Gasteiger partial charge in [0.15, 0.2) is 5.03 Å². The van der Waals surface area contributed by atoms with Gasteiger partial charge in [-0.3, -0.25) is 5.10 Å². The number of furan rings is 1. The summed E-state index contributed by atoms with van der Waals surface area (Å²) in [6.45, 7) is 0.263. The van der Waals surface area contributed by atoms with E-state index in [1.54, 1.807) is 18.4 Å². The minimum absolute atomic E-state index is 0.0726. The molecule has 1 saturated carbocycles. The summed E-state index contributed by atoms with van der Waals surface area (Å²) in [4.78, 5) is 0. The zero-order valence-electron chi connectivity index (χ0n) is 9.61. The van der Waals surface area contributed by atoms with Crippen molar-refractivity contribution in [2.45, 2.75) is 30.5 Å². The summed E-state index contributed by atoms with van der Waals surface area (Å²) < 4.78 is 31.5. The van der Waals surface area contributed by atoms with E-state index >= 15 is 0 Å². The first kappa shape index (κ1) is 11.5. The molecule has 0 saturated heterocycles. The van der Waals surface area contributed by atoms with Crippen molar-refractivity contribution in [2.24, 2.45) is 0 Å². The first-order valence-electron chi connectivity index (χ1n) is 5.71. The smallest absolute Gasteiger partial charge is 0.260 e. The van der Waals surface area contributed by atoms with E-state index in [9.17, 15) is 8.42 Å². The Bertz CT molecular complexity index is 600. The molecule has 0 amide bonds. The molecule has 1 fully saturated rings. The summed E-state index contributed by atoms with van der Waals surface area (Å²) in [6.07, 6.45) is 4.77. The van der Waals surface area contributed by atoms with Crippen LogP contribution in [0, 0.1) is 0 Å². The van der Waals surface area contributed by atoms with Crippen LogP contribution in [0.25, 0.3) is 0 Å². The highest BCUT2D eigenvalue weighted by Gasteiger charge is 2.39. The zero-order chi connectivity index (χ0) is 12.6. The Morgan fingerprint density at radius 2 is 2.28 bits per heavy atom. The molecule has 0 bridgehead atoms. The third-order valence-electron chi connectivity index (χ3n) is 2.91. The number of hydrogen-bond donors (Lipinski definition) is 1. The fraction of sp³-hybridized carbons (Fsp3) is 0.364. The quantitative estimate of drug-likeness (QED) is 0.887. The molecule has 0 unspecified atom stereocenters. The van der Waals surface area contributed by atoms with E-state index in [4.69, 9.17) is 4.42 Å². The number of nitrogens with one attached hydrogen (secondary N) is 1. The van der Waals surface area contributed by atoms with Crippen molar-refractivity contribution in [3.05, 3.63) is 36.4 Å². The largest absolute Gasteiger partial charge is 0.468 e. The van der Waals surface area contributed by atoms with Gasteiger partial charge in [-0.1, -0.05) is 0 Å². The Labute approximate surface area is 105 Å². The van der Waals surface area contributed by atoms with E-state index in [2.05, 4.69) is 10.2 Å². The summed E-state index contributed by atoms with van der Waals surface area (Å²) in [5, 5.41) is 6.33. The van der Waals surface area contributed by atoms with Crippen molar-refractivity contribution in [1.29, 1.82) is 0 Å². The first-order valence-corrected chi connectivity index (χ1v) is 7.15. The monoisotopic (exact) mass is 267 g/mol. The molecule has 2 heterocycles. The third kappa shape index (κ3) is 2.06. The summed E-state index contributed by atoms with van der Waals surface area (Å²) >= 11 is 0. The zero-order valence-corrected chi connectivity index (χ0v) is 10.4. The Balaban J connectivity index is 1.90. The van der Waals surface area contributed by atoms with Crippen LogP contribution in [-0.2, 0) is 16.6 Å². The third-order valence-corrected chi connectivity index (χ3v) is 4.74. The number of nitrogens with zero attached hydrogens (tertiary/aromatic N) is 2. The molecule has 96 valence electrons. The summed E-state index contributed by atoms with van der Waals surface area (Å²) in [7, 11) is -3.52. The normalized spacial score (nSPS) is 16.3. The molecular weight excluding hydrogens is 254 g/mol. The molecule has 18 heavy (non-hydrogen) atoms. The van der Waals surface area contributed by atoms with Gasteiger partial charge in [0.25, 0.3) is 10.0 Å². The van der Waals surface area contributed by atoms with Gasteiger partial charge >= 0.3 is 0 Å². The second-order valence-electron chi connectivity index (χ2n) is 4.28. The maximum absolute atomic E-state index is 12.4. The second kappa shape index (κ2) is 4.25. The first-order chi connectivity index (χ1) is 8.68. The molecule has 1 aliphatic carbocycles. The van der Waals surface area contributed by atoms with Crippen LogP contribution < -0.4 is 0 Å². The standard InChI is InChI=1S/C11H13N3O3S/c15-18(16,11-5-6-12-13-11)14(9-3-4-9)8-10-2-1-7-17-10/h1-2,5-7,9H,3-4,8H2,(H,12,13). The lowest BCUT2D eigenvalue weighted by molar-refractivity contribution is 0.355. The Morgan fingerprint density at radius 1 is 1.44 bits per heavy atom. The van der Waals surface area contributed by atoms with Gasteiger partial charge in [0.2, 0.25) is 0 Å². The van der Waals surface area contributed by atoms with Gasteiger partial charge in [0.1, 0.15) is 5.76 Å². The minimum Gasteiger partial charge on any atom is -0.468 e. The Kier molecular flexibility index (Phi) is 2.71. The molecule has 1 N–H and O–H groups in total. The maximum Gasteiger partial charge on any atom is 0.260 e. The van der Waals surface area contributed by atoms with Crippen LogP contribution in [0.5, 0.6) is 0 Å². The average molecular weight is 267 g/mol. The molecule has 0 atom stereocenters. The van der Waals surface area contributed by atoms with Gasteiger partial charge in [-0.05, 0) is 31.0 Å². The molecule has 0 radical (unpaired) electrons. The fourth-order valence-electron chi connectivity index (χ4n) is 1.84. The molecule has 0 aromatic carbocycles. The number of aromatic nitrogens is 2. The van der Waals surface area contributed by atoms with Gasteiger partial charge in [-0.25, -0.2) is 8.42 Å². The summed E-state index contributed by atoms with van der Waals surface area (Å²) in [5.41, 5.74) is 0. The molecule has 7 heteroatoms. The van der Waals surface area contributed by atoms with E-state index in [-0.39, 0.29) is 17.6 Å². The average Bonchev–Trinajstić information content (AvgIpc) is 2.87. The second-order valence-corrected chi connectivity index (χ2v) is 6.14. The van der Waals surface area contributed by atoms with Crippen molar-refractivity contribution in [2.75, 3.05) is 0 Å². The molecule has 3 rings (SSSR count). The van der Waals surface area contributed by atoms with Crippen LogP contribution in [0.2, 0.25) is 0 Å². The molecule has 1 aliphatic rings. The number of rotatable bonds is 5. The van der Waals surface area contributed by atoms with E-state index < -0.39 is 10.0 Å². The van der Waals surface area contributed by atoms with E-state index in [1.807, 2.05) is 0 Å². The van der Waals surface area contributed by atoms with Crippen molar-refractivity contribution < 1.29 is 12.8 Å². The number of H-pyrrole nitrogens is 1. The topological polar surface area (TPSA) is 79.2 Å². The van der Waals surface area contributed by atoms with Gasteiger partial charge in [-0.15, -0.1) is 0 Å².